The fraction of sp³-hybridized carbons (Fsp3) is 0.130. The van der Waals surface area contributed by atoms with E-state index < -0.39 is 17.3 Å². The zero-order valence-corrected chi connectivity index (χ0v) is 17.2. The Kier molecular flexibility index (Phi) is 5.77. The summed E-state index contributed by atoms with van der Waals surface area (Å²) in [6.45, 7) is -0.160. The van der Waals surface area contributed by atoms with Gasteiger partial charge in [0.1, 0.15) is 17.1 Å². The molecule has 4 aromatic rings. The van der Waals surface area contributed by atoms with Crippen LogP contribution in [0.25, 0.3) is 11.0 Å². The highest BCUT2D eigenvalue weighted by atomic mass is 35.5. The molecular weight excluding hydrogens is 425 g/mol. The van der Waals surface area contributed by atoms with Crippen LogP contribution in [-0.4, -0.2) is 17.9 Å². The molecule has 0 aliphatic heterocycles. The minimum atomic E-state index is -0.828. The molecule has 0 N–H and O–H groups in total. The van der Waals surface area contributed by atoms with E-state index in [4.69, 9.17) is 25.2 Å². The number of para-hydroxylation sites is 1. The molecule has 158 valence electrons. The van der Waals surface area contributed by atoms with E-state index in [0.717, 1.165) is 0 Å². The van der Waals surface area contributed by atoms with Crippen molar-refractivity contribution in [3.05, 3.63) is 99.0 Å². The highest BCUT2D eigenvalue weighted by molar-refractivity contribution is 6.31. The fourth-order valence-electron chi connectivity index (χ4n) is 3.26. The van der Waals surface area contributed by atoms with Crippen LogP contribution < -0.4 is 10.4 Å². The lowest BCUT2D eigenvalue weighted by atomic mass is 10.1. The lowest BCUT2D eigenvalue weighted by Gasteiger charge is -2.22. The lowest BCUT2D eigenvalue weighted by molar-refractivity contribution is 0.0712. The molecular formula is C23H17ClFNO5. The number of carbonyl (C=O) groups is 1. The van der Waals surface area contributed by atoms with Crippen LogP contribution >= 0.6 is 11.6 Å². The van der Waals surface area contributed by atoms with Gasteiger partial charge in [0.2, 0.25) is 0 Å². The number of rotatable bonds is 6. The molecule has 31 heavy (non-hydrogen) atoms. The van der Waals surface area contributed by atoms with E-state index in [1.807, 2.05) is 0 Å². The van der Waals surface area contributed by atoms with Gasteiger partial charge in [-0.1, -0.05) is 29.8 Å². The zero-order chi connectivity index (χ0) is 22.0. The molecule has 6 nitrogen and oxygen atoms in total. The minimum Gasteiger partial charge on any atom is -0.493 e. The van der Waals surface area contributed by atoms with Gasteiger partial charge in [0.15, 0.2) is 11.3 Å². The van der Waals surface area contributed by atoms with Crippen molar-refractivity contribution in [2.75, 3.05) is 7.11 Å². The number of furan rings is 1. The average Bonchev–Trinajstić information content (AvgIpc) is 3.27. The van der Waals surface area contributed by atoms with E-state index >= 15 is 0 Å². The van der Waals surface area contributed by atoms with Gasteiger partial charge in [-0.25, -0.2) is 9.18 Å². The summed E-state index contributed by atoms with van der Waals surface area (Å²) in [7, 11) is 1.46. The number of halogens is 2. The second-order valence-electron chi connectivity index (χ2n) is 6.77. The third-order valence-electron chi connectivity index (χ3n) is 4.80. The molecule has 0 unspecified atom stereocenters. The first kappa shape index (κ1) is 20.7. The van der Waals surface area contributed by atoms with E-state index in [2.05, 4.69) is 0 Å². The van der Waals surface area contributed by atoms with Crippen LogP contribution in [0.5, 0.6) is 5.75 Å². The molecule has 0 atom stereocenters. The van der Waals surface area contributed by atoms with Crippen molar-refractivity contribution in [1.29, 1.82) is 0 Å². The second kappa shape index (κ2) is 8.65. The largest absolute Gasteiger partial charge is 0.493 e. The molecule has 0 aliphatic rings. The lowest BCUT2D eigenvalue weighted by Crippen LogP contribution is -2.33. The van der Waals surface area contributed by atoms with Crippen LogP contribution in [0.1, 0.15) is 21.7 Å². The monoisotopic (exact) mass is 441 g/mol. The Hall–Kier alpha value is -3.58. The number of nitrogens with zero attached hydrogens (tertiary/aromatic N) is 1. The average molecular weight is 442 g/mol. The standard InChI is InChI=1S/C23H17ClFNO5/c1-29-20-9-2-5-14-11-16(23(28)31-21(14)20)22(27)26(12-15-6-4-10-30-15)13-17-18(24)7-3-8-19(17)25/h2-11H,12-13H2,1H3. The fourth-order valence-corrected chi connectivity index (χ4v) is 3.49. The molecule has 2 heterocycles. The Labute approximate surface area is 181 Å². The third-order valence-corrected chi connectivity index (χ3v) is 5.15. The van der Waals surface area contributed by atoms with Crippen molar-refractivity contribution in [2.45, 2.75) is 13.1 Å². The maximum atomic E-state index is 14.4. The summed E-state index contributed by atoms with van der Waals surface area (Å²) in [5.41, 5.74) is -0.650. The highest BCUT2D eigenvalue weighted by Crippen LogP contribution is 2.26. The molecule has 0 radical (unpaired) electrons. The normalized spacial score (nSPS) is 10.9. The van der Waals surface area contributed by atoms with Crippen LogP contribution in [-0.2, 0) is 13.1 Å². The van der Waals surface area contributed by atoms with Crippen LogP contribution in [0, 0.1) is 5.82 Å². The summed E-state index contributed by atoms with van der Waals surface area (Å²) in [5, 5.41) is 0.691. The van der Waals surface area contributed by atoms with Gasteiger partial charge in [-0.15, -0.1) is 0 Å². The molecule has 0 bridgehead atoms. The minimum absolute atomic E-state index is 0.00604. The molecule has 4 rings (SSSR count). The topological polar surface area (TPSA) is 72.9 Å². The molecule has 0 saturated carbocycles. The van der Waals surface area contributed by atoms with Gasteiger partial charge >= 0.3 is 5.63 Å². The Morgan fingerprint density at radius 2 is 1.94 bits per heavy atom. The van der Waals surface area contributed by atoms with Crippen LogP contribution in [0.15, 0.2) is 74.5 Å². The SMILES string of the molecule is COc1cccc2cc(C(=O)N(Cc3ccco3)Cc3c(F)cccc3Cl)c(=O)oc12. The molecule has 1 amide bonds. The molecule has 8 heteroatoms. The summed E-state index contributed by atoms with van der Waals surface area (Å²) >= 11 is 6.15. The van der Waals surface area contributed by atoms with Gasteiger partial charge in [0, 0.05) is 16.0 Å². The van der Waals surface area contributed by atoms with E-state index in [1.165, 1.54) is 42.5 Å². The van der Waals surface area contributed by atoms with Crippen LogP contribution in [0.3, 0.4) is 0 Å². The summed E-state index contributed by atoms with van der Waals surface area (Å²) in [6, 6.07) is 14.1. The van der Waals surface area contributed by atoms with Crippen molar-refractivity contribution in [3.63, 3.8) is 0 Å². The van der Waals surface area contributed by atoms with Gasteiger partial charge in [0.25, 0.3) is 5.91 Å². The maximum absolute atomic E-state index is 14.4. The van der Waals surface area contributed by atoms with Gasteiger partial charge in [0.05, 0.1) is 26.5 Å². The van der Waals surface area contributed by atoms with Gasteiger partial charge in [-0.3, -0.25) is 4.79 Å². The molecule has 0 fully saturated rings. The van der Waals surface area contributed by atoms with Crippen LogP contribution in [0.4, 0.5) is 4.39 Å². The number of methoxy groups -OCH3 is 1. The summed E-state index contributed by atoms with van der Waals surface area (Å²) < 4.78 is 30.3. The van der Waals surface area contributed by atoms with Gasteiger partial charge < -0.3 is 18.5 Å². The molecule has 2 aromatic carbocycles. The van der Waals surface area contributed by atoms with E-state index in [0.29, 0.717) is 16.9 Å². The van der Waals surface area contributed by atoms with Crippen LogP contribution in [0.2, 0.25) is 5.02 Å². The number of ether oxygens (including phenoxy) is 1. The predicted octanol–water partition coefficient (Wildman–Crippen LogP) is 5.03. The Morgan fingerprint density at radius 1 is 1.13 bits per heavy atom. The maximum Gasteiger partial charge on any atom is 0.349 e. The Bertz CT molecular complexity index is 1280. The number of carbonyl (C=O) groups excluding carboxylic acids is 1. The molecule has 0 saturated heterocycles. The van der Waals surface area contributed by atoms with Gasteiger partial charge in [-0.2, -0.15) is 0 Å². The van der Waals surface area contributed by atoms with Crippen molar-refractivity contribution >= 4 is 28.5 Å². The number of hydrogen-bond donors (Lipinski definition) is 0. The van der Waals surface area contributed by atoms with E-state index in [-0.39, 0.29) is 34.8 Å². The first-order valence-electron chi connectivity index (χ1n) is 9.33. The predicted molar refractivity (Wildman–Crippen MR) is 113 cm³/mol. The quantitative estimate of drug-likeness (QED) is 0.392. The smallest absolute Gasteiger partial charge is 0.349 e. The van der Waals surface area contributed by atoms with Crippen molar-refractivity contribution in [3.8, 4) is 5.75 Å². The Morgan fingerprint density at radius 3 is 2.65 bits per heavy atom. The first-order chi connectivity index (χ1) is 15.0. The summed E-state index contributed by atoms with van der Waals surface area (Å²) in [4.78, 5) is 27.3. The zero-order valence-electron chi connectivity index (χ0n) is 16.4. The molecule has 2 aromatic heterocycles. The summed E-state index contributed by atoms with van der Waals surface area (Å²) in [5.74, 6) is -0.360. The van der Waals surface area contributed by atoms with Crippen molar-refractivity contribution in [1.82, 2.24) is 4.90 Å². The van der Waals surface area contributed by atoms with Crippen molar-refractivity contribution < 1.29 is 22.8 Å². The van der Waals surface area contributed by atoms with E-state index in [1.54, 1.807) is 30.3 Å². The first-order valence-corrected chi connectivity index (χ1v) is 9.71. The number of hydrogen-bond acceptors (Lipinski definition) is 5. The number of benzene rings is 2. The summed E-state index contributed by atoms with van der Waals surface area (Å²) in [6.07, 6.45) is 1.46. The van der Waals surface area contributed by atoms with Crippen molar-refractivity contribution in [2.24, 2.45) is 0 Å². The Balaban J connectivity index is 1.77. The number of fused-ring (bicyclic) bond motifs is 1. The molecule has 0 spiro atoms. The van der Waals surface area contributed by atoms with E-state index in [9.17, 15) is 14.0 Å². The second-order valence-corrected chi connectivity index (χ2v) is 7.17. The third kappa shape index (κ3) is 4.18. The molecule has 0 aliphatic carbocycles. The highest BCUT2D eigenvalue weighted by Gasteiger charge is 2.24. The number of amides is 1. The van der Waals surface area contributed by atoms with Gasteiger partial charge in [-0.05, 0) is 36.4 Å².